The van der Waals surface area contributed by atoms with Crippen LogP contribution in [0.25, 0.3) is 0 Å². The first-order valence-electron chi connectivity index (χ1n) is 10.3. The Labute approximate surface area is 209 Å². The standard InChI is InChI=1S/C23H22BrN3O4S2/c1-4-30-21(28)19-15(3)26(17-9-7-6-8-10-17)23(32-19)27(18-13-11-16(24)12-14-18)25-20(33-23)22(29)31-5-2/h6-14H,4-5H2,1-3H3/t23-/m1/s1. The van der Waals surface area contributed by atoms with Crippen molar-refractivity contribution in [3.8, 4) is 0 Å². The van der Waals surface area contributed by atoms with Gasteiger partial charge in [0.1, 0.15) is 4.91 Å². The number of anilines is 2. The Kier molecular flexibility index (Phi) is 7.06. The second kappa shape index (κ2) is 9.82. The SMILES string of the molecule is CCOC(=O)C1=NN(c2ccc(Br)cc2)[C@@]2(S1)SC(C(=O)OCC)=C(C)N2c1ccccc1. The van der Waals surface area contributed by atoms with Crippen molar-refractivity contribution in [1.29, 1.82) is 0 Å². The van der Waals surface area contributed by atoms with Gasteiger partial charge in [-0.15, -0.1) is 0 Å². The number of hydrazone groups is 1. The van der Waals surface area contributed by atoms with Gasteiger partial charge in [-0.3, -0.25) is 0 Å². The molecule has 4 rings (SSSR count). The van der Waals surface area contributed by atoms with Crippen LogP contribution in [0.4, 0.5) is 11.4 Å². The van der Waals surface area contributed by atoms with Crippen molar-refractivity contribution in [3.63, 3.8) is 0 Å². The summed E-state index contributed by atoms with van der Waals surface area (Å²) in [7, 11) is 0. The van der Waals surface area contributed by atoms with E-state index < -0.39 is 16.3 Å². The molecule has 0 aromatic heterocycles. The highest BCUT2D eigenvalue weighted by Gasteiger charge is 2.58. The van der Waals surface area contributed by atoms with Gasteiger partial charge in [-0.2, -0.15) is 5.10 Å². The molecule has 33 heavy (non-hydrogen) atoms. The fraction of sp³-hybridized carbons (Fsp3) is 0.261. The summed E-state index contributed by atoms with van der Waals surface area (Å²) >= 11 is 6.03. The fourth-order valence-electron chi connectivity index (χ4n) is 3.51. The van der Waals surface area contributed by atoms with Crippen LogP contribution in [-0.2, 0) is 19.1 Å². The van der Waals surface area contributed by atoms with Crippen LogP contribution < -0.4 is 9.91 Å². The lowest BCUT2D eigenvalue weighted by molar-refractivity contribution is -0.137. The highest BCUT2D eigenvalue weighted by Crippen LogP contribution is 2.60. The van der Waals surface area contributed by atoms with Crippen LogP contribution in [0, 0.1) is 0 Å². The molecule has 0 amide bonds. The lowest BCUT2D eigenvalue weighted by Gasteiger charge is -2.41. The minimum absolute atomic E-state index is 0.214. The first-order valence-corrected chi connectivity index (χ1v) is 12.8. The quantitative estimate of drug-likeness (QED) is 0.436. The van der Waals surface area contributed by atoms with E-state index in [1.807, 2.05) is 66.4 Å². The van der Waals surface area contributed by atoms with Crippen LogP contribution in [0.1, 0.15) is 20.8 Å². The number of ether oxygens (including phenoxy) is 2. The summed E-state index contributed by atoms with van der Waals surface area (Å²) in [5.74, 6) is -0.906. The summed E-state index contributed by atoms with van der Waals surface area (Å²) in [5, 5.41) is 6.66. The number of esters is 2. The molecule has 0 fully saturated rings. The predicted octanol–water partition coefficient (Wildman–Crippen LogP) is 5.54. The van der Waals surface area contributed by atoms with Gasteiger partial charge < -0.3 is 14.4 Å². The van der Waals surface area contributed by atoms with E-state index in [0.29, 0.717) is 4.91 Å². The Morgan fingerprint density at radius 3 is 2.21 bits per heavy atom. The number of halogens is 1. The third-order valence-electron chi connectivity index (χ3n) is 4.87. The molecule has 0 aliphatic carbocycles. The van der Waals surface area contributed by atoms with E-state index in [1.165, 1.54) is 23.5 Å². The normalized spacial score (nSPS) is 19.8. The number of hydrogen-bond acceptors (Lipinski definition) is 9. The van der Waals surface area contributed by atoms with Crippen LogP contribution in [0.2, 0.25) is 0 Å². The van der Waals surface area contributed by atoms with Crippen molar-refractivity contribution in [2.24, 2.45) is 5.10 Å². The highest BCUT2D eigenvalue weighted by atomic mass is 79.9. The van der Waals surface area contributed by atoms with Gasteiger partial charge in [-0.25, -0.2) is 14.6 Å². The molecule has 2 aromatic rings. The van der Waals surface area contributed by atoms with Gasteiger partial charge >= 0.3 is 11.9 Å². The summed E-state index contributed by atoms with van der Waals surface area (Å²) in [6.45, 7) is 5.92. The number of hydrogen-bond donors (Lipinski definition) is 0. The molecule has 0 radical (unpaired) electrons. The maximum atomic E-state index is 12.9. The second-order valence-corrected chi connectivity index (χ2v) is 10.5. The third-order valence-corrected chi connectivity index (χ3v) is 8.25. The number of thioether (sulfide) groups is 2. The maximum absolute atomic E-state index is 12.9. The van der Waals surface area contributed by atoms with Crippen LogP contribution in [0.3, 0.4) is 0 Å². The summed E-state index contributed by atoms with van der Waals surface area (Å²) in [6.07, 6.45) is 0. The molecule has 1 spiro atoms. The topological polar surface area (TPSA) is 71.4 Å². The van der Waals surface area contributed by atoms with Crippen molar-refractivity contribution in [2.75, 3.05) is 23.1 Å². The maximum Gasteiger partial charge on any atom is 0.365 e. The van der Waals surface area contributed by atoms with E-state index in [9.17, 15) is 9.59 Å². The molecule has 7 nitrogen and oxygen atoms in total. The molecule has 0 unspecified atom stereocenters. The smallest absolute Gasteiger partial charge is 0.365 e. The first-order chi connectivity index (χ1) is 15.9. The van der Waals surface area contributed by atoms with E-state index in [-0.39, 0.29) is 18.3 Å². The number of benzene rings is 2. The van der Waals surface area contributed by atoms with Crippen molar-refractivity contribution < 1.29 is 19.1 Å². The predicted molar refractivity (Wildman–Crippen MR) is 137 cm³/mol. The first kappa shape index (κ1) is 23.7. The van der Waals surface area contributed by atoms with E-state index >= 15 is 0 Å². The van der Waals surface area contributed by atoms with E-state index in [1.54, 1.807) is 18.9 Å². The average molecular weight is 548 g/mol. The molecule has 2 aliphatic heterocycles. The van der Waals surface area contributed by atoms with Gasteiger partial charge in [-0.05, 0) is 68.9 Å². The Balaban J connectivity index is 1.87. The van der Waals surface area contributed by atoms with Crippen LogP contribution in [0.15, 0.2) is 74.8 Å². The van der Waals surface area contributed by atoms with Gasteiger partial charge in [0, 0.05) is 15.9 Å². The number of nitrogens with zero attached hydrogens (tertiary/aromatic N) is 3. The molecule has 0 N–H and O–H groups in total. The highest BCUT2D eigenvalue weighted by molar-refractivity contribution is 9.10. The average Bonchev–Trinajstić information content (AvgIpc) is 3.33. The number of allylic oxidation sites excluding steroid dienone is 1. The zero-order valence-corrected chi connectivity index (χ0v) is 21.5. The van der Waals surface area contributed by atoms with Crippen molar-refractivity contribution in [2.45, 2.75) is 25.1 Å². The van der Waals surface area contributed by atoms with E-state index in [4.69, 9.17) is 9.47 Å². The zero-order valence-electron chi connectivity index (χ0n) is 18.3. The van der Waals surface area contributed by atoms with Crippen LogP contribution in [0.5, 0.6) is 0 Å². The van der Waals surface area contributed by atoms with Crippen LogP contribution in [-0.4, -0.2) is 34.5 Å². The minimum Gasteiger partial charge on any atom is -0.462 e. The lowest BCUT2D eigenvalue weighted by Crippen LogP contribution is -2.49. The Bertz CT molecular complexity index is 1120. The Morgan fingerprint density at radius 2 is 1.58 bits per heavy atom. The van der Waals surface area contributed by atoms with E-state index in [0.717, 1.165) is 21.5 Å². The molecule has 10 heteroatoms. The molecule has 2 aliphatic rings. The third kappa shape index (κ3) is 4.39. The number of para-hydroxylation sites is 1. The molecule has 2 heterocycles. The summed E-state index contributed by atoms with van der Waals surface area (Å²) in [6, 6.07) is 17.3. The molecule has 1 atom stereocenters. The number of carbonyl (C=O) groups excluding carboxylic acids is 2. The fourth-order valence-corrected chi connectivity index (χ4v) is 6.73. The zero-order chi connectivity index (χ0) is 23.6. The number of rotatable bonds is 6. The molecule has 172 valence electrons. The summed E-state index contributed by atoms with van der Waals surface area (Å²) < 4.78 is 10.5. The van der Waals surface area contributed by atoms with E-state index in [2.05, 4.69) is 21.0 Å². The van der Waals surface area contributed by atoms with Gasteiger partial charge in [0.05, 0.1) is 18.9 Å². The Hall–Kier alpha value is -2.43. The molecule has 0 saturated carbocycles. The van der Waals surface area contributed by atoms with Crippen molar-refractivity contribution >= 4 is 67.8 Å². The monoisotopic (exact) mass is 547 g/mol. The molecular formula is C23H22BrN3O4S2. The molecule has 0 saturated heterocycles. The minimum atomic E-state index is -0.997. The second-order valence-electron chi connectivity index (χ2n) is 6.97. The van der Waals surface area contributed by atoms with Gasteiger partial charge in [0.15, 0.2) is 0 Å². The van der Waals surface area contributed by atoms with Gasteiger partial charge in [0.25, 0.3) is 0 Å². The van der Waals surface area contributed by atoms with Gasteiger partial charge in [0.2, 0.25) is 9.37 Å². The van der Waals surface area contributed by atoms with Gasteiger partial charge in [-0.1, -0.05) is 45.9 Å². The van der Waals surface area contributed by atoms with Crippen molar-refractivity contribution in [1.82, 2.24) is 0 Å². The molecule has 0 bridgehead atoms. The van der Waals surface area contributed by atoms with Crippen LogP contribution >= 0.6 is 39.5 Å². The lowest BCUT2D eigenvalue weighted by atomic mass is 10.2. The Morgan fingerprint density at radius 1 is 0.939 bits per heavy atom. The summed E-state index contributed by atoms with van der Waals surface area (Å²) in [5.41, 5.74) is 2.34. The molecule has 2 aromatic carbocycles. The number of carbonyl (C=O) groups is 2. The largest absolute Gasteiger partial charge is 0.462 e. The summed E-state index contributed by atoms with van der Waals surface area (Å²) in [4.78, 5) is 28.1. The van der Waals surface area contributed by atoms with Crippen molar-refractivity contribution in [3.05, 3.63) is 69.7 Å². The molecular weight excluding hydrogens is 526 g/mol.